The van der Waals surface area contributed by atoms with Crippen LogP contribution < -0.4 is 0 Å². The van der Waals surface area contributed by atoms with Crippen molar-refractivity contribution in [3.8, 4) is 5.75 Å². The lowest BCUT2D eigenvalue weighted by molar-refractivity contribution is -0.136. The van der Waals surface area contributed by atoms with Gasteiger partial charge in [-0.15, -0.1) is 11.3 Å². The van der Waals surface area contributed by atoms with Crippen molar-refractivity contribution in [2.75, 3.05) is 0 Å². The monoisotopic (exact) mass is 302 g/mol. The van der Waals surface area contributed by atoms with Crippen molar-refractivity contribution in [3.05, 3.63) is 51.9 Å². The topological polar surface area (TPSA) is 87.7 Å². The minimum Gasteiger partial charge on any atom is -0.507 e. The number of thiophene rings is 1. The van der Waals surface area contributed by atoms with Gasteiger partial charge in [-0.05, 0) is 23.6 Å². The maximum Gasteiger partial charge on any atom is 0.307 e. The van der Waals surface area contributed by atoms with E-state index in [4.69, 9.17) is 9.52 Å². The molecule has 106 valence electrons. The summed E-state index contributed by atoms with van der Waals surface area (Å²) >= 11 is 1.25. The van der Waals surface area contributed by atoms with Crippen LogP contribution in [0.5, 0.6) is 5.75 Å². The smallest absolute Gasteiger partial charge is 0.307 e. The first kappa shape index (κ1) is 13.4. The molecule has 5 nitrogen and oxygen atoms in total. The molecule has 0 unspecified atom stereocenters. The first-order valence-electron chi connectivity index (χ1n) is 6.10. The summed E-state index contributed by atoms with van der Waals surface area (Å²) in [7, 11) is 0. The van der Waals surface area contributed by atoms with Crippen LogP contribution in [-0.4, -0.2) is 22.0 Å². The van der Waals surface area contributed by atoms with Crippen LogP contribution in [0, 0.1) is 0 Å². The Kier molecular flexibility index (Phi) is 3.23. The van der Waals surface area contributed by atoms with Crippen molar-refractivity contribution in [1.29, 1.82) is 0 Å². The number of phenols is 1. The van der Waals surface area contributed by atoms with Crippen LogP contribution in [0.25, 0.3) is 11.0 Å². The highest BCUT2D eigenvalue weighted by atomic mass is 32.1. The molecule has 0 aliphatic heterocycles. The Morgan fingerprint density at radius 2 is 2.10 bits per heavy atom. The average molecular weight is 302 g/mol. The molecule has 2 heterocycles. The number of hydrogen-bond donors (Lipinski definition) is 2. The Hall–Kier alpha value is -2.60. The first-order chi connectivity index (χ1) is 10.1. The molecule has 0 aliphatic carbocycles. The number of carbonyl (C=O) groups is 2. The van der Waals surface area contributed by atoms with Gasteiger partial charge in [-0.1, -0.05) is 6.07 Å². The number of benzene rings is 1. The van der Waals surface area contributed by atoms with Crippen molar-refractivity contribution >= 4 is 34.1 Å². The maximum atomic E-state index is 12.5. The Morgan fingerprint density at radius 3 is 2.76 bits per heavy atom. The van der Waals surface area contributed by atoms with Crippen molar-refractivity contribution in [3.63, 3.8) is 0 Å². The number of aliphatic carboxylic acids is 1. The third-order valence-corrected chi connectivity index (χ3v) is 3.98. The molecular weight excluding hydrogens is 292 g/mol. The van der Waals surface area contributed by atoms with E-state index < -0.39 is 5.97 Å². The number of carboxylic acid groups (broad SMARTS) is 1. The summed E-state index contributed by atoms with van der Waals surface area (Å²) in [6.45, 7) is 0. The molecule has 1 aromatic carbocycles. The van der Waals surface area contributed by atoms with E-state index in [0.29, 0.717) is 10.3 Å². The van der Waals surface area contributed by atoms with E-state index >= 15 is 0 Å². The summed E-state index contributed by atoms with van der Waals surface area (Å²) < 4.78 is 5.29. The van der Waals surface area contributed by atoms with E-state index in [1.165, 1.54) is 23.7 Å². The molecule has 2 aromatic heterocycles. The molecule has 0 radical (unpaired) electrons. The number of phenolic OH excluding ortho intramolecular Hbond substituents is 1. The lowest BCUT2D eigenvalue weighted by atomic mass is 9.99. The van der Waals surface area contributed by atoms with Gasteiger partial charge < -0.3 is 14.6 Å². The normalized spacial score (nSPS) is 10.9. The zero-order valence-electron chi connectivity index (χ0n) is 10.7. The minimum atomic E-state index is -1.08. The highest BCUT2D eigenvalue weighted by molar-refractivity contribution is 7.12. The third-order valence-electron chi connectivity index (χ3n) is 3.11. The summed E-state index contributed by atoms with van der Waals surface area (Å²) in [6, 6.07) is 6.53. The average Bonchev–Trinajstić information content (AvgIpc) is 3.08. The molecule has 2 N–H and O–H groups in total. The van der Waals surface area contributed by atoms with E-state index in [1.807, 2.05) is 0 Å². The molecule has 0 amide bonds. The van der Waals surface area contributed by atoms with Gasteiger partial charge in [0.1, 0.15) is 16.9 Å². The van der Waals surface area contributed by atoms with E-state index in [0.717, 1.165) is 0 Å². The van der Waals surface area contributed by atoms with Crippen LogP contribution in [0.1, 0.15) is 20.8 Å². The van der Waals surface area contributed by atoms with Crippen LogP contribution in [-0.2, 0) is 11.2 Å². The van der Waals surface area contributed by atoms with Crippen molar-refractivity contribution in [2.24, 2.45) is 0 Å². The van der Waals surface area contributed by atoms with Gasteiger partial charge >= 0.3 is 5.97 Å². The fraction of sp³-hybridized carbons (Fsp3) is 0.0667. The number of fused-ring (bicyclic) bond motifs is 1. The molecule has 0 spiro atoms. The Bertz CT molecular complexity index is 829. The highest BCUT2D eigenvalue weighted by Gasteiger charge is 2.24. The van der Waals surface area contributed by atoms with Crippen LogP contribution >= 0.6 is 11.3 Å². The second-order valence-corrected chi connectivity index (χ2v) is 5.42. The number of hydrogen-bond acceptors (Lipinski definition) is 5. The SMILES string of the molecule is O=C(O)Cc1cc2ccoc2c(C(=O)c2cccs2)c1O. The van der Waals surface area contributed by atoms with Gasteiger partial charge in [0.15, 0.2) is 0 Å². The number of furan rings is 1. The molecule has 0 fully saturated rings. The molecule has 0 saturated carbocycles. The summed E-state index contributed by atoms with van der Waals surface area (Å²) in [5.41, 5.74) is 0.465. The zero-order valence-corrected chi connectivity index (χ0v) is 11.5. The van der Waals surface area contributed by atoms with Crippen LogP contribution in [0.2, 0.25) is 0 Å². The summed E-state index contributed by atoms with van der Waals surface area (Å²) in [4.78, 5) is 23.9. The standard InChI is InChI=1S/C15H10O5S/c16-11(17)7-9-6-8-3-4-20-15(8)12(13(9)18)14(19)10-2-1-5-21-10/h1-6,18H,7H2,(H,16,17). The van der Waals surface area contributed by atoms with Gasteiger partial charge in [0.2, 0.25) is 5.78 Å². The quantitative estimate of drug-likeness (QED) is 0.723. The first-order valence-corrected chi connectivity index (χ1v) is 6.98. The fourth-order valence-electron chi connectivity index (χ4n) is 2.20. The van der Waals surface area contributed by atoms with Crippen molar-refractivity contribution in [2.45, 2.75) is 6.42 Å². The van der Waals surface area contributed by atoms with Gasteiger partial charge in [-0.3, -0.25) is 9.59 Å². The predicted molar refractivity (Wildman–Crippen MR) is 77.0 cm³/mol. The molecule has 3 rings (SSSR count). The van der Waals surface area contributed by atoms with E-state index in [9.17, 15) is 14.7 Å². The zero-order chi connectivity index (χ0) is 15.0. The van der Waals surface area contributed by atoms with E-state index in [-0.39, 0.29) is 34.7 Å². The number of carboxylic acids is 1. The molecule has 0 aliphatic rings. The summed E-state index contributed by atoms with van der Waals surface area (Å²) in [5.74, 6) is -1.80. The second kappa shape index (κ2) is 5.06. The van der Waals surface area contributed by atoms with E-state index in [2.05, 4.69) is 0 Å². The molecule has 0 saturated heterocycles. The lowest BCUT2D eigenvalue weighted by Crippen LogP contribution is -2.05. The van der Waals surface area contributed by atoms with Gasteiger partial charge in [0.05, 0.1) is 17.6 Å². The molecule has 6 heteroatoms. The Labute approximate surface area is 123 Å². The lowest BCUT2D eigenvalue weighted by Gasteiger charge is -2.08. The van der Waals surface area contributed by atoms with Crippen LogP contribution in [0.4, 0.5) is 0 Å². The summed E-state index contributed by atoms with van der Waals surface area (Å²) in [5, 5.41) is 21.5. The fourth-order valence-corrected chi connectivity index (χ4v) is 2.87. The van der Waals surface area contributed by atoms with Gasteiger partial charge in [-0.2, -0.15) is 0 Å². The highest BCUT2D eigenvalue weighted by Crippen LogP contribution is 2.34. The van der Waals surface area contributed by atoms with Crippen molar-refractivity contribution < 1.29 is 24.2 Å². The van der Waals surface area contributed by atoms with Crippen molar-refractivity contribution in [1.82, 2.24) is 0 Å². The Balaban J connectivity index is 2.24. The third kappa shape index (κ3) is 2.30. The van der Waals surface area contributed by atoms with Gasteiger partial charge in [0.25, 0.3) is 0 Å². The van der Waals surface area contributed by atoms with Crippen LogP contribution in [0.15, 0.2) is 40.3 Å². The molecule has 3 aromatic rings. The number of ketones is 1. The number of aromatic hydroxyl groups is 1. The van der Waals surface area contributed by atoms with Gasteiger partial charge in [0, 0.05) is 10.9 Å². The summed E-state index contributed by atoms with van der Waals surface area (Å²) in [6.07, 6.45) is 1.04. The molecular formula is C15H10O5S. The molecule has 0 bridgehead atoms. The number of carbonyl (C=O) groups excluding carboxylic acids is 1. The minimum absolute atomic E-state index is 0.0104. The number of rotatable bonds is 4. The van der Waals surface area contributed by atoms with Crippen LogP contribution in [0.3, 0.4) is 0 Å². The van der Waals surface area contributed by atoms with Gasteiger partial charge in [-0.25, -0.2) is 0 Å². The Morgan fingerprint density at radius 1 is 1.29 bits per heavy atom. The molecule has 0 atom stereocenters. The largest absolute Gasteiger partial charge is 0.507 e. The second-order valence-electron chi connectivity index (χ2n) is 4.48. The predicted octanol–water partition coefficient (Wildman–Crippen LogP) is 3.06. The van der Waals surface area contributed by atoms with E-state index in [1.54, 1.807) is 23.6 Å². The molecule has 21 heavy (non-hydrogen) atoms. The maximum absolute atomic E-state index is 12.5.